The van der Waals surface area contributed by atoms with Gasteiger partial charge in [0.25, 0.3) is 0 Å². The smallest absolute Gasteiger partial charge is 0.115 e. The molecule has 1 aromatic rings. The summed E-state index contributed by atoms with van der Waals surface area (Å²) in [5.41, 5.74) is 0.868. The molecule has 0 aromatic heterocycles. The maximum Gasteiger partial charge on any atom is 0.115 e. The van der Waals surface area contributed by atoms with Crippen LogP contribution in [0.25, 0.3) is 0 Å². The average molecular weight is 180 g/mol. The van der Waals surface area contributed by atoms with E-state index in [2.05, 4.69) is 0 Å². The minimum atomic E-state index is -0.425. The Morgan fingerprint density at radius 3 is 2.23 bits per heavy atom. The Kier molecular flexibility index (Phi) is 3.32. The van der Waals surface area contributed by atoms with Crippen LogP contribution in [0.2, 0.25) is 0 Å². The van der Waals surface area contributed by atoms with Gasteiger partial charge in [0.2, 0.25) is 0 Å². The van der Waals surface area contributed by atoms with Gasteiger partial charge in [0.1, 0.15) is 5.75 Å². The SMILES string of the molecule is CCC(C)C(O)c1ccc(O)cc1. The minimum Gasteiger partial charge on any atom is -0.508 e. The van der Waals surface area contributed by atoms with Gasteiger partial charge in [0, 0.05) is 0 Å². The predicted octanol–water partition coefficient (Wildman–Crippen LogP) is 2.47. The zero-order chi connectivity index (χ0) is 9.84. The van der Waals surface area contributed by atoms with Crippen LogP contribution in [0.3, 0.4) is 0 Å². The lowest BCUT2D eigenvalue weighted by Crippen LogP contribution is -2.07. The second-order valence-electron chi connectivity index (χ2n) is 3.42. The van der Waals surface area contributed by atoms with Crippen molar-refractivity contribution in [1.82, 2.24) is 0 Å². The second kappa shape index (κ2) is 4.28. The molecule has 2 nitrogen and oxygen atoms in total. The van der Waals surface area contributed by atoms with Crippen LogP contribution in [-0.2, 0) is 0 Å². The summed E-state index contributed by atoms with van der Waals surface area (Å²) in [5.74, 6) is 0.490. The quantitative estimate of drug-likeness (QED) is 0.750. The number of phenols is 1. The van der Waals surface area contributed by atoms with E-state index < -0.39 is 6.10 Å². The summed E-state index contributed by atoms with van der Waals surface area (Å²) in [7, 11) is 0. The van der Waals surface area contributed by atoms with Crippen LogP contribution in [0.5, 0.6) is 5.75 Å². The molecule has 2 atom stereocenters. The summed E-state index contributed by atoms with van der Waals surface area (Å²) >= 11 is 0. The lowest BCUT2D eigenvalue weighted by atomic mass is 9.95. The lowest BCUT2D eigenvalue weighted by molar-refractivity contribution is 0.115. The monoisotopic (exact) mass is 180 g/mol. The molecular formula is C11H16O2. The van der Waals surface area contributed by atoms with Crippen LogP contribution in [0.4, 0.5) is 0 Å². The minimum absolute atomic E-state index is 0.236. The van der Waals surface area contributed by atoms with Gasteiger partial charge in [-0.1, -0.05) is 32.4 Å². The van der Waals surface area contributed by atoms with Gasteiger partial charge in [-0.05, 0) is 23.6 Å². The third-order valence-corrected chi connectivity index (χ3v) is 2.42. The van der Waals surface area contributed by atoms with Gasteiger partial charge in [-0.2, -0.15) is 0 Å². The first-order chi connectivity index (χ1) is 6.15. The van der Waals surface area contributed by atoms with Crippen molar-refractivity contribution < 1.29 is 10.2 Å². The van der Waals surface area contributed by atoms with Crippen LogP contribution in [-0.4, -0.2) is 10.2 Å². The van der Waals surface area contributed by atoms with Crippen molar-refractivity contribution in [2.75, 3.05) is 0 Å². The van der Waals surface area contributed by atoms with E-state index >= 15 is 0 Å². The van der Waals surface area contributed by atoms with E-state index in [4.69, 9.17) is 5.11 Å². The fraction of sp³-hybridized carbons (Fsp3) is 0.455. The van der Waals surface area contributed by atoms with Gasteiger partial charge in [0.15, 0.2) is 0 Å². The highest BCUT2D eigenvalue weighted by molar-refractivity contribution is 5.27. The standard InChI is InChI=1S/C11H16O2/c1-3-8(2)11(13)9-4-6-10(12)7-5-9/h4-8,11-13H,3H2,1-2H3. The maximum absolute atomic E-state index is 9.80. The highest BCUT2D eigenvalue weighted by Crippen LogP contribution is 2.25. The fourth-order valence-corrected chi connectivity index (χ4v) is 1.22. The van der Waals surface area contributed by atoms with Crippen LogP contribution < -0.4 is 0 Å². The summed E-state index contributed by atoms with van der Waals surface area (Å²) in [6.07, 6.45) is 0.521. The van der Waals surface area contributed by atoms with Crippen molar-refractivity contribution in [1.29, 1.82) is 0 Å². The van der Waals surface area contributed by atoms with E-state index in [9.17, 15) is 5.11 Å². The van der Waals surface area contributed by atoms with Gasteiger partial charge in [0.05, 0.1) is 6.10 Å². The zero-order valence-electron chi connectivity index (χ0n) is 8.07. The first kappa shape index (κ1) is 10.1. The fourth-order valence-electron chi connectivity index (χ4n) is 1.22. The molecule has 0 saturated carbocycles. The molecule has 13 heavy (non-hydrogen) atoms. The van der Waals surface area contributed by atoms with Crippen molar-refractivity contribution in [3.63, 3.8) is 0 Å². The molecule has 0 aliphatic carbocycles. The van der Waals surface area contributed by atoms with E-state index in [1.54, 1.807) is 24.3 Å². The van der Waals surface area contributed by atoms with E-state index in [-0.39, 0.29) is 11.7 Å². The van der Waals surface area contributed by atoms with Gasteiger partial charge < -0.3 is 10.2 Å². The summed E-state index contributed by atoms with van der Waals surface area (Å²) in [6, 6.07) is 6.71. The zero-order valence-corrected chi connectivity index (χ0v) is 8.07. The number of aliphatic hydroxyl groups is 1. The Bertz CT molecular complexity index is 253. The molecule has 0 heterocycles. The Balaban J connectivity index is 2.77. The molecule has 2 N–H and O–H groups in total. The third-order valence-electron chi connectivity index (χ3n) is 2.42. The predicted molar refractivity (Wildman–Crippen MR) is 52.5 cm³/mol. The van der Waals surface area contributed by atoms with E-state index in [0.29, 0.717) is 0 Å². The van der Waals surface area contributed by atoms with Crippen LogP contribution in [0, 0.1) is 5.92 Å². The molecule has 0 saturated heterocycles. The summed E-state index contributed by atoms with van der Waals surface area (Å²) in [6.45, 7) is 4.06. The van der Waals surface area contributed by atoms with Crippen molar-refractivity contribution >= 4 is 0 Å². The highest BCUT2D eigenvalue weighted by atomic mass is 16.3. The Morgan fingerprint density at radius 1 is 1.23 bits per heavy atom. The van der Waals surface area contributed by atoms with Gasteiger partial charge in [-0.3, -0.25) is 0 Å². The van der Waals surface area contributed by atoms with Gasteiger partial charge >= 0.3 is 0 Å². The number of aromatic hydroxyl groups is 1. The number of hydrogen-bond acceptors (Lipinski definition) is 2. The average Bonchev–Trinajstić information content (AvgIpc) is 2.17. The number of benzene rings is 1. The van der Waals surface area contributed by atoms with Crippen LogP contribution in [0.1, 0.15) is 31.9 Å². The molecule has 0 bridgehead atoms. The topological polar surface area (TPSA) is 40.5 Å². The highest BCUT2D eigenvalue weighted by Gasteiger charge is 2.13. The molecule has 72 valence electrons. The summed E-state index contributed by atoms with van der Waals surface area (Å²) < 4.78 is 0. The molecule has 1 rings (SSSR count). The Labute approximate surface area is 78.8 Å². The van der Waals surface area contributed by atoms with Gasteiger partial charge in [-0.25, -0.2) is 0 Å². The molecule has 0 aliphatic heterocycles. The first-order valence-corrected chi connectivity index (χ1v) is 4.62. The van der Waals surface area contributed by atoms with Crippen LogP contribution >= 0.6 is 0 Å². The third kappa shape index (κ3) is 2.46. The summed E-state index contributed by atoms with van der Waals surface area (Å²) in [5, 5.41) is 18.9. The number of aliphatic hydroxyl groups excluding tert-OH is 1. The molecule has 1 aromatic carbocycles. The number of phenolic OH excluding ortho intramolecular Hbond substituents is 1. The number of rotatable bonds is 3. The molecule has 2 heteroatoms. The summed E-state index contributed by atoms with van der Waals surface area (Å²) in [4.78, 5) is 0. The molecule has 0 amide bonds. The molecule has 0 spiro atoms. The lowest BCUT2D eigenvalue weighted by Gasteiger charge is -2.17. The largest absolute Gasteiger partial charge is 0.508 e. The molecular weight excluding hydrogens is 164 g/mol. The van der Waals surface area contributed by atoms with E-state index in [1.165, 1.54) is 0 Å². The maximum atomic E-state index is 9.80. The van der Waals surface area contributed by atoms with Crippen molar-refractivity contribution in [3.8, 4) is 5.75 Å². The Morgan fingerprint density at radius 2 is 1.77 bits per heavy atom. The van der Waals surface area contributed by atoms with Crippen LogP contribution in [0.15, 0.2) is 24.3 Å². The second-order valence-corrected chi connectivity index (χ2v) is 3.42. The van der Waals surface area contributed by atoms with E-state index in [1.807, 2.05) is 13.8 Å². The normalized spacial score (nSPS) is 15.3. The van der Waals surface area contributed by atoms with Crippen molar-refractivity contribution in [2.24, 2.45) is 5.92 Å². The van der Waals surface area contributed by atoms with Gasteiger partial charge in [-0.15, -0.1) is 0 Å². The molecule has 2 unspecified atom stereocenters. The van der Waals surface area contributed by atoms with Crippen molar-refractivity contribution in [3.05, 3.63) is 29.8 Å². The number of hydrogen-bond donors (Lipinski definition) is 2. The molecule has 0 fully saturated rings. The molecule has 0 radical (unpaired) electrons. The molecule has 0 aliphatic rings. The van der Waals surface area contributed by atoms with E-state index in [0.717, 1.165) is 12.0 Å². The first-order valence-electron chi connectivity index (χ1n) is 4.62. The van der Waals surface area contributed by atoms with Crippen molar-refractivity contribution in [2.45, 2.75) is 26.4 Å². The Hall–Kier alpha value is -1.02.